The molecule has 4 heteroatoms. The van der Waals surface area contributed by atoms with Gasteiger partial charge in [0, 0.05) is 29.7 Å². The summed E-state index contributed by atoms with van der Waals surface area (Å²) in [5.41, 5.74) is 3.96. The molecular formula is C32H48O4. The lowest BCUT2D eigenvalue weighted by molar-refractivity contribution is -0.185. The van der Waals surface area contributed by atoms with Gasteiger partial charge < -0.3 is 9.84 Å². The second kappa shape index (κ2) is 10.4. The molecule has 3 rings (SSSR count). The number of allylic oxidation sites excluding steroid dienone is 6. The van der Waals surface area contributed by atoms with Crippen LogP contribution in [0.5, 0.6) is 0 Å². The number of ketones is 1. The standard InChI is InChI=1S/C32H48O4/c1-20(2)13-14-24(34)21(3)11-10-12-22(4)29-25(35)19-27-31(8)18-16-28(36-23(5)33)30(6,7)26(31)15-17-32(27,29)9/h10-13,24,26-28,34H,14-19H2,1-9H3/b12-10+,21-11+,29-22+/t24-,26-,27-,28-,31-,32-/m0/s1. The molecule has 0 aromatic carbocycles. The maximum Gasteiger partial charge on any atom is 0.302 e. The highest BCUT2D eigenvalue weighted by Crippen LogP contribution is 2.69. The molecule has 200 valence electrons. The van der Waals surface area contributed by atoms with Gasteiger partial charge >= 0.3 is 5.97 Å². The highest BCUT2D eigenvalue weighted by atomic mass is 16.5. The molecule has 0 spiro atoms. The minimum atomic E-state index is -0.492. The Balaban J connectivity index is 1.87. The highest BCUT2D eigenvalue weighted by Gasteiger charge is 2.65. The molecule has 36 heavy (non-hydrogen) atoms. The first-order valence-corrected chi connectivity index (χ1v) is 13.7. The number of aliphatic hydroxyl groups is 1. The van der Waals surface area contributed by atoms with Crippen LogP contribution in [0, 0.1) is 28.1 Å². The summed E-state index contributed by atoms with van der Waals surface area (Å²) in [6, 6.07) is 0. The van der Waals surface area contributed by atoms with E-state index in [-0.39, 0.29) is 34.1 Å². The van der Waals surface area contributed by atoms with Gasteiger partial charge in [-0.25, -0.2) is 0 Å². The van der Waals surface area contributed by atoms with Crippen LogP contribution in [0.3, 0.4) is 0 Å². The Labute approximate surface area is 219 Å². The van der Waals surface area contributed by atoms with Gasteiger partial charge in [0.25, 0.3) is 0 Å². The van der Waals surface area contributed by atoms with Crippen LogP contribution in [-0.2, 0) is 14.3 Å². The molecule has 0 saturated heterocycles. The number of aliphatic hydroxyl groups excluding tert-OH is 1. The van der Waals surface area contributed by atoms with Gasteiger partial charge in [0.1, 0.15) is 6.10 Å². The van der Waals surface area contributed by atoms with Crippen molar-refractivity contribution in [3.8, 4) is 0 Å². The predicted octanol–water partition coefficient (Wildman–Crippen LogP) is 7.29. The highest BCUT2D eigenvalue weighted by molar-refractivity contribution is 6.00. The zero-order valence-electron chi connectivity index (χ0n) is 24.0. The summed E-state index contributed by atoms with van der Waals surface area (Å²) < 4.78 is 5.77. The van der Waals surface area contributed by atoms with E-state index in [9.17, 15) is 14.7 Å². The van der Waals surface area contributed by atoms with E-state index in [1.165, 1.54) is 12.5 Å². The van der Waals surface area contributed by atoms with Crippen molar-refractivity contribution in [2.45, 2.75) is 113 Å². The van der Waals surface area contributed by atoms with Crippen LogP contribution >= 0.6 is 0 Å². The predicted molar refractivity (Wildman–Crippen MR) is 146 cm³/mol. The summed E-state index contributed by atoms with van der Waals surface area (Å²) in [7, 11) is 0. The summed E-state index contributed by atoms with van der Waals surface area (Å²) in [6.45, 7) is 18.8. The van der Waals surface area contributed by atoms with Gasteiger partial charge in [0.05, 0.1) is 6.10 Å². The first-order valence-electron chi connectivity index (χ1n) is 13.7. The van der Waals surface area contributed by atoms with Crippen molar-refractivity contribution < 1.29 is 19.4 Å². The Morgan fingerprint density at radius 1 is 1.06 bits per heavy atom. The minimum absolute atomic E-state index is 0.0417. The number of rotatable bonds is 6. The van der Waals surface area contributed by atoms with Crippen molar-refractivity contribution in [3.05, 3.63) is 46.6 Å². The van der Waals surface area contributed by atoms with Crippen molar-refractivity contribution in [2.24, 2.45) is 28.1 Å². The Bertz CT molecular complexity index is 1010. The molecule has 3 aliphatic rings. The SMILES string of the molecule is CC(=O)O[C@H]1CC[C@@]2(C)[C@@H](CC[C@]3(C)/C(=C(C)/C=C/C=C(\C)[C@@H](O)CC=C(C)C)C(=O)C[C@@H]23)C1(C)C. The second-order valence-corrected chi connectivity index (χ2v) is 13.0. The Morgan fingerprint density at radius 2 is 1.72 bits per heavy atom. The second-order valence-electron chi connectivity index (χ2n) is 13.0. The number of esters is 1. The van der Waals surface area contributed by atoms with E-state index in [1.54, 1.807) is 0 Å². The molecule has 0 aromatic heterocycles. The third kappa shape index (κ3) is 5.21. The van der Waals surface area contributed by atoms with Crippen LogP contribution in [0.25, 0.3) is 0 Å². The van der Waals surface area contributed by atoms with E-state index in [0.29, 0.717) is 24.7 Å². The van der Waals surface area contributed by atoms with Gasteiger partial charge in [-0.2, -0.15) is 0 Å². The lowest BCUT2D eigenvalue weighted by atomic mass is 9.43. The molecule has 4 nitrogen and oxygen atoms in total. The number of carbonyl (C=O) groups excluding carboxylic acids is 2. The maximum atomic E-state index is 13.5. The lowest BCUT2D eigenvalue weighted by Crippen LogP contribution is -2.58. The first-order chi connectivity index (χ1) is 16.6. The maximum absolute atomic E-state index is 13.5. The van der Waals surface area contributed by atoms with E-state index < -0.39 is 6.10 Å². The Hall–Kier alpha value is -1.94. The molecule has 3 fully saturated rings. The quantitative estimate of drug-likeness (QED) is 0.182. The van der Waals surface area contributed by atoms with E-state index in [0.717, 1.165) is 42.4 Å². The van der Waals surface area contributed by atoms with Crippen LogP contribution in [0.1, 0.15) is 101 Å². The Kier molecular flexibility index (Phi) is 8.30. The van der Waals surface area contributed by atoms with Gasteiger partial charge in [0.15, 0.2) is 5.78 Å². The number of hydrogen-bond acceptors (Lipinski definition) is 4. The van der Waals surface area contributed by atoms with Crippen molar-refractivity contribution in [1.29, 1.82) is 0 Å². The molecule has 1 N–H and O–H groups in total. The third-order valence-electron chi connectivity index (χ3n) is 9.91. The first kappa shape index (κ1) is 28.6. The molecule has 0 heterocycles. The summed E-state index contributed by atoms with van der Waals surface area (Å²) in [6.07, 6.45) is 12.6. The zero-order valence-corrected chi connectivity index (χ0v) is 24.0. The molecule has 0 amide bonds. The average Bonchev–Trinajstić information content (AvgIpc) is 3.05. The normalized spacial score (nSPS) is 36.2. The largest absolute Gasteiger partial charge is 0.462 e. The monoisotopic (exact) mass is 496 g/mol. The smallest absolute Gasteiger partial charge is 0.302 e. The number of hydrogen-bond donors (Lipinski definition) is 1. The fourth-order valence-electron chi connectivity index (χ4n) is 8.04. The molecule has 0 aliphatic heterocycles. The minimum Gasteiger partial charge on any atom is -0.462 e. The zero-order chi connectivity index (χ0) is 27.1. The van der Waals surface area contributed by atoms with Crippen molar-refractivity contribution in [1.82, 2.24) is 0 Å². The van der Waals surface area contributed by atoms with Crippen LogP contribution in [-0.4, -0.2) is 29.1 Å². The van der Waals surface area contributed by atoms with Gasteiger partial charge in [-0.15, -0.1) is 0 Å². The molecule has 0 radical (unpaired) electrons. The van der Waals surface area contributed by atoms with Crippen LogP contribution < -0.4 is 0 Å². The Morgan fingerprint density at radius 3 is 2.33 bits per heavy atom. The third-order valence-corrected chi connectivity index (χ3v) is 9.91. The summed E-state index contributed by atoms with van der Waals surface area (Å²) in [5, 5.41) is 10.4. The van der Waals surface area contributed by atoms with E-state index in [4.69, 9.17) is 4.74 Å². The van der Waals surface area contributed by atoms with Crippen LogP contribution in [0.2, 0.25) is 0 Å². The number of Topliss-reactive ketones (excluding diaryl/α,β-unsaturated/α-hetero) is 1. The number of fused-ring (bicyclic) bond motifs is 3. The van der Waals surface area contributed by atoms with Gasteiger partial charge in [-0.1, -0.05) is 57.6 Å². The summed E-state index contributed by atoms with van der Waals surface area (Å²) in [4.78, 5) is 25.3. The fraction of sp³-hybridized carbons (Fsp3) is 0.688. The molecule has 0 unspecified atom stereocenters. The van der Waals surface area contributed by atoms with E-state index in [2.05, 4.69) is 40.7 Å². The molecule has 3 aliphatic carbocycles. The average molecular weight is 497 g/mol. The lowest BCUT2D eigenvalue weighted by Gasteiger charge is -2.62. The van der Waals surface area contributed by atoms with E-state index in [1.807, 2.05) is 39.0 Å². The van der Waals surface area contributed by atoms with Crippen LogP contribution in [0.15, 0.2) is 46.6 Å². The number of ether oxygens (including phenoxy) is 1. The van der Waals surface area contributed by atoms with Gasteiger partial charge in [-0.3, -0.25) is 9.59 Å². The molecular weight excluding hydrogens is 448 g/mol. The topological polar surface area (TPSA) is 63.6 Å². The van der Waals surface area contributed by atoms with Crippen LogP contribution in [0.4, 0.5) is 0 Å². The molecule has 3 saturated carbocycles. The fourth-order valence-corrected chi connectivity index (χ4v) is 8.04. The summed E-state index contributed by atoms with van der Waals surface area (Å²) in [5.74, 6) is 0.804. The number of carbonyl (C=O) groups is 2. The van der Waals surface area contributed by atoms with Crippen molar-refractivity contribution >= 4 is 11.8 Å². The molecule has 6 atom stereocenters. The van der Waals surface area contributed by atoms with Gasteiger partial charge in [-0.05, 0) is 88.2 Å². The van der Waals surface area contributed by atoms with Crippen molar-refractivity contribution in [2.75, 3.05) is 0 Å². The molecule has 0 aromatic rings. The van der Waals surface area contributed by atoms with Crippen molar-refractivity contribution in [3.63, 3.8) is 0 Å². The summed E-state index contributed by atoms with van der Waals surface area (Å²) >= 11 is 0. The van der Waals surface area contributed by atoms with Gasteiger partial charge in [0.2, 0.25) is 0 Å². The van der Waals surface area contributed by atoms with E-state index >= 15 is 0 Å². The molecule has 0 bridgehead atoms.